The molecule has 3 nitrogen and oxygen atoms in total. The number of para-hydroxylation sites is 1. The Morgan fingerprint density at radius 3 is 2.10 bits per heavy atom. The van der Waals surface area contributed by atoms with Crippen LogP contribution in [-0.4, -0.2) is 11.7 Å². The number of rotatable bonds is 2. The Kier molecular flexibility index (Phi) is 2.76. The summed E-state index contributed by atoms with van der Waals surface area (Å²) in [6.45, 7) is 0. The summed E-state index contributed by atoms with van der Waals surface area (Å²) in [6, 6.07) is 9.55. The zero-order valence-corrected chi connectivity index (χ0v) is 11.7. The van der Waals surface area contributed by atoms with Crippen molar-refractivity contribution in [2.24, 2.45) is 17.8 Å². The normalized spacial score (nSPS) is 37.7. The van der Waals surface area contributed by atoms with Crippen molar-refractivity contribution >= 4 is 11.8 Å². The van der Waals surface area contributed by atoms with Crippen LogP contribution in [0, 0.1) is 17.8 Å². The van der Waals surface area contributed by atoms with Gasteiger partial charge in [-0.1, -0.05) is 18.2 Å². The molecule has 0 saturated heterocycles. The SMILES string of the molecule is O=C(Nc1ccccc1)OC12CC3CC(CC(C3)C1)C2. The molecule has 4 aliphatic carbocycles. The number of hydrogen-bond acceptors (Lipinski definition) is 2. The topological polar surface area (TPSA) is 38.3 Å². The van der Waals surface area contributed by atoms with Gasteiger partial charge in [-0.15, -0.1) is 0 Å². The van der Waals surface area contributed by atoms with Gasteiger partial charge in [0.25, 0.3) is 0 Å². The average Bonchev–Trinajstić information content (AvgIpc) is 2.37. The molecular formula is C17H21NO2. The molecule has 1 aromatic carbocycles. The summed E-state index contributed by atoms with van der Waals surface area (Å²) in [5.74, 6) is 2.39. The van der Waals surface area contributed by atoms with Crippen LogP contribution in [0.1, 0.15) is 38.5 Å². The molecule has 3 heteroatoms. The van der Waals surface area contributed by atoms with Gasteiger partial charge in [0.05, 0.1) is 0 Å². The van der Waals surface area contributed by atoms with E-state index in [1.165, 1.54) is 19.3 Å². The molecule has 106 valence electrons. The third-order valence-electron chi connectivity index (χ3n) is 5.31. The molecule has 1 N–H and O–H groups in total. The Balaban J connectivity index is 1.45. The maximum absolute atomic E-state index is 12.2. The van der Waals surface area contributed by atoms with Crippen LogP contribution >= 0.6 is 0 Å². The van der Waals surface area contributed by atoms with E-state index < -0.39 is 0 Å². The van der Waals surface area contributed by atoms with Gasteiger partial charge in [-0.05, 0) is 68.4 Å². The maximum atomic E-state index is 12.2. The van der Waals surface area contributed by atoms with E-state index in [4.69, 9.17) is 4.74 Å². The number of anilines is 1. The number of ether oxygens (including phenoxy) is 1. The first-order chi connectivity index (χ1) is 9.71. The van der Waals surface area contributed by atoms with Crippen LogP contribution < -0.4 is 5.32 Å². The van der Waals surface area contributed by atoms with Gasteiger partial charge in [0.2, 0.25) is 0 Å². The molecule has 1 amide bonds. The highest BCUT2D eigenvalue weighted by Gasteiger charge is 2.53. The van der Waals surface area contributed by atoms with E-state index in [-0.39, 0.29) is 11.7 Å². The lowest BCUT2D eigenvalue weighted by molar-refractivity contribution is -0.124. The first-order valence-electron chi connectivity index (χ1n) is 7.76. The molecule has 0 aromatic heterocycles. The molecule has 4 bridgehead atoms. The molecule has 0 atom stereocenters. The highest BCUT2D eigenvalue weighted by Crippen LogP contribution is 2.57. The lowest BCUT2D eigenvalue weighted by atomic mass is 9.54. The largest absolute Gasteiger partial charge is 0.443 e. The number of carbonyl (C=O) groups is 1. The predicted molar refractivity (Wildman–Crippen MR) is 77.4 cm³/mol. The fourth-order valence-corrected chi connectivity index (χ4v) is 5.02. The summed E-state index contributed by atoms with van der Waals surface area (Å²) in [6.07, 6.45) is 7.07. The van der Waals surface area contributed by atoms with Gasteiger partial charge in [-0.3, -0.25) is 5.32 Å². The minimum atomic E-state index is -0.279. The van der Waals surface area contributed by atoms with Gasteiger partial charge in [-0.2, -0.15) is 0 Å². The molecule has 4 aliphatic rings. The van der Waals surface area contributed by atoms with Crippen LogP contribution in [0.3, 0.4) is 0 Å². The molecule has 20 heavy (non-hydrogen) atoms. The van der Waals surface area contributed by atoms with E-state index in [1.54, 1.807) is 0 Å². The Labute approximate surface area is 119 Å². The second-order valence-electron chi connectivity index (χ2n) is 6.98. The fourth-order valence-electron chi connectivity index (χ4n) is 5.02. The van der Waals surface area contributed by atoms with Gasteiger partial charge in [0, 0.05) is 5.69 Å². The number of benzene rings is 1. The second-order valence-corrected chi connectivity index (χ2v) is 6.98. The van der Waals surface area contributed by atoms with Crippen LogP contribution in [0.25, 0.3) is 0 Å². The molecule has 0 aliphatic heterocycles. The van der Waals surface area contributed by atoms with E-state index in [0.717, 1.165) is 42.7 Å². The van der Waals surface area contributed by atoms with Crippen molar-refractivity contribution in [2.75, 3.05) is 5.32 Å². The Hall–Kier alpha value is -1.51. The highest BCUT2D eigenvalue weighted by molar-refractivity contribution is 5.84. The van der Waals surface area contributed by atoms with Crippen molar-refractivity contribution in [1.82, 2.24) is 0 Å². The third kappa shape index (κ3) is 2.19. The zero-order chi connectivity index (χ0) is 13.6. The van der Waals surface area contributed by atoms with Crippen LogP contribution in [0.2, 0.25) is 0 Å². The van der Waals surface area contributed by atoms with E-state index in [9.17, 15) is 4.79 Å². The Morgan fingerprint density at radius 2 is 1.55 bits per heavy atom. The van der Waals surface area contributed by atoms with Gasteiger partial charge >= 0.3 is 6.09 Å². The lowest BCUT2D eigenvalue weighted by Crippen LogP contribution is -2.53. The summed E-state index contributed by atoms with van der Waals surface area (Å²) in [7, 11) is 0. The van der Waals surface area contributed by atoms with Crippen LogP contribution in [-0.2, 0) is 4.74 Å². The molecule has 0 spiro atoms. The molecule has 4 saturated carbocycles. The van der Waals surface area contributed by atoms with Crippen molar-refractivity contribution in [3.05, 3.63) is 30.3 Å². The number of amides is 1. The minimum absolute atomic E-state index is 0.159. The van der Waals surface area contributed by atoms with Crippen LogP contribution in [0.4, 0.5) is 10.5 Å². The third-order valence-corrected chi connectivity index (χ3v) is 5.31. The first-order valence-corrected chi connectivity index (χ1v) is 7.76. The second kappa shape index (κ2) is 4.51. The van der Waals surface area contributed by atoms with Crippen molar-refractivity contribution < 1.29 is 9.53 Å². The monoisotopic (exact) mass is 271 g/mol. The van der Waals surface area contributed by atoms with Crippen molar-refractivity contribution in [2.45, 2.75) is 44.1 Å². The molecule has 1 aromatic rings. The van der Waals surface area contributed by atoms with Crippen molar-refractivity contribution in [1.29, 1.82) is 0 Å². The summed E-state index contributed by atoms with van der Waals surface area (Å²) in [5.41, 5.74) is 0.649. The van der Waals surface area contributed by atoms with Crippen LogP contribution in [0.5, 0.6) is 0 Å². The lowest BCUT2D eigenvalue weighted by Gasteiger charge is -2.55. The Morgan fingerprint density at radius 1 is 1.00 bits per heavy atom. The van der Waals surface area contributed by atoms with Gasteiger partial charge in [-0.25, -0.2) is 4.79 Å². The molecule has 4 fully saturated rings. The predicted octanol–water partition coefficient (Wildman–Crippen LogP) is 4.20. The molecular weight excluding hydrogens is 250 g/mol. The van der Waals surface area contributed by atoms with E-state index in [0.29, 0.717) is 0 Å². The van der Waals surface area contributed by atoms with Crippen molar-refractivity contribution in [3.63, 3.8) is 0 Å². The van der Waals surface area contributed by atoms with Crippen molar-refractivity contribution in [3.8, 4) is 0 Å². The quantitative estimate of drug-likeness (QED) is 0.875. The van der Waals surface area contributed by atoms with E-state index in [2.05, 4.69) is 5.32 Å². The minimum Gasteiger partial charge on any atom is -0.443 e. The molecule has 0 unspecified atom stereocenters. The van der Waals surface area contributed by atoms with E-state index in [1.807, 2.05) is 30.3 Å². The molecule has 0 heterocycles. The highest BCUT2D eigenvalue weighted by atomic mass is 16.6. The molecule has 0 radical (unpaired) electrons. The standard InChI is InChI=1S/C17H21NO2/c19-16(18-15-4-2-1-3-5-15)20-17-9-12-6-13(10-17)8-14(7-12)11-17/h1-5,12-14H,6-11H2,(H,18,19). The fraction of sp³-hybridized carbons (Fsp3) is 0.588. The maximum Gasteiger partial charge on any atom is 0.412 e. The van der Waals surface area contributed by atoms with E-state index >= 15 is 0 Å². The smallest absolute Gasteiger partial charge is 0.412 e. The first kappa shape index (κ1) is 12.2. The molecule has 5 rings (SSSR count). The number of nitrogens with one attached hydrogen (secondary N) is 1. The summed E-state index contributed by atoms with van der Waals surface area (Å²) >= 11 is 0. The summed E-state index contributed by atoms with van der Waals surface area (Å²) in [4.78, 5) is 12.2. The summed E-state index contributed by atoms with van der Waals surface area (Å²) < 4.78 is 5.90. The Bertz CT molecular complexity index is 476. The number of hydrogen-bond donors (Lipinski definition) is 1. The summed E-state index contributed by atoms with van der Waals surface area (Å²) in [5, 5.41) is 2.86. The number of carbonyl (C=O) groups excluding carboxylic acids is 1. The van der Waals surface area contributed by atoms with Gasteiger partial charge in [0.1, 0.15) is 5.60 Å². The van der Waals surface area contributed by atoms with Gasteiger partial charge in [0.15, 0.2) is 0 Å². The zero-order valence-electron chi connectivity index (χ0n) is 11.7. The van der Waals surface area contributed by atoms with Gasteiger partial charge < -0.3 is 4.74 Å². The average molecular weight is 271 g/mol. The van der Waals surface area contributed by atoms with Crippen LogP contribution in [0.15, 0.2) is 30.3 Å².